The molecule has 1 rings (SSSR count). The third kappa shape index (κ3) is 3.49. The van der Waals surface area contributed by atoms with Crippen molar-refractivity contribution in [2.45, 2.75) is 44.6 Å². The number of amides is 1. The fourth-order valence-corrected chi connectivity index (χ4v) is 2.08. The standard InChI is InChI=1S/C12H21N3O/c1-3-15(2)9-11(16)14-12(10-13)7-5-4-6-8-12/h3-9H2,1-2H3,(H,14,16). The number of nitrogens with zero attached hydrogens (tertiary/aromatic N) is 2. The Bertz CT molecular complexity index is 276. The molecule has 1 aliphatic rings. The topological polar surface area (TPSA) is 56.1 Å². The molecule has 1 saturated carbocycles. The quantitative estimate of drug-likeness (QED) is 0.781. The van der Waals surface area contributed by atoms with Gasteiger partial charge in [0.1, 0.15) is 5.54 Å². The highest BCUT2D eigenvalue weighted by atomic mass is 16.2. The largest absolute Gasteiger partial charge is 0.337 e. The lowest BCUT2D eigenvalue weighted by molar-refractivity contribution is -0.123. The van der Waals surface area contributed by atoms with Crippen LogP contribution in [0.5, 0.6) is 0 Å². The molecule has 1 fully saturated rings. The van der Waals surface area contributed by atoms with E-state index in [1.807, 2.05) is 18.9 Å². The Kier molecular flexibility index (Phi) is 4.75. The average molecular weight is 223 g/mol. The van der Waals surface area contributed by atoms with Gasteiger partial charge in [-0.05, 0) is 26.4 Å². The van der Waals surface area contributed by atoms with Crippen LogP contribution in [0.3, 0.4) is 0 Å². The molecule has 0 aromatic rings. The van der Waals surface area contributed by atoms with Crippen molar-refractivity contribution in [3.8, 4) is 6.07 Å². The summed E-state index contributed by atoms with van der Waals surface area (Å²) in [4.78, 5) is 13.7. The predicted octanol–water partition coefficient (Wildman–Crippen LogP) is 1.28. The molecule has 0 saturated heterocycles. The molecule has 4 heteroatoms. The summed E-state index contributed by atoms with van der Waals surface area (Å²) >= 11 is 0. The molecule has 0 aromatic heterocycles. The maximum absolute atomic E-state index is 11.7. The molecule has 0 bridgehead atoms. The second-order valence-corrected chi connectivity index (χ2v) is 4.63. The van der Waals surface area contributed by atoms with Crippen LogP contribution in [0.4, 0.5) is 0 Å². The van der Waals surface area contributed by atoms with Crippen LogP contribution in [0.1, 0.15) is 39.0 Å². The Morgan fingerprint density at radius 1 is 1.44 bits per heavy atom. The molecule has 16 heavy (non-hydrogen) atoms. The maximum atomic E-state index is 11.7. The van der Waals surface area contributed by atoms with E-state index in [2.05, 4.69) is 11.4 Å². The fraction of sp³-hybridized carbons (Fsp3) is 0.833. The van der Waals surface area contributed by atoms with Gasteiger partial charge in [-0.2, -0.15) is 5.26 Å². The van der Waals surface area contributed by atoms with Gasteiger partial charge >= 0.3 is 0 Å². The van der Waals surface area contributed by atoms with Gasteiger partial charge in [-0.25, -0.2) is 0 Å². The van der Waals surface area contributed by atoms with Crippen LogP contribution in [-0.2, 0) is 4.79 Å². The van der Waals surface area contributed by atoms with Gasteiger partial charge in [-0.15, -0.1) is 0 Å². The smallest absolute Gasteiger partial charge is 0.235 e. The number of hydrogen-bond donors (Lipinski definition) is 1. The maximum Gasteiger partial charge on any atom is 0.235 e. The Morgan fingerprint density at radius 2 is 2.06 bits per heavy atom. The Hall–Kier alpha value is -1.08. The molecular weight excluding hydrogens is 202 g/mol. The number of carbonyl (C=O) groups is 1. The molecule has 0 unspecified atom stereocenters. The first kappa shape index (κ1) is 13.0. The van der Waals surface area contributed by atoms with E-state index < -0.39 is 5.54 Å². The second kappa shape index (κ2) is 5.86. The average Bonchev–Trinajstić information content (AvgIpc) is 2.29. The van der Waals surface area contributed by atoms with E-state index in [1.165, 1.54) is 6.42 Å². The Labute approximate surface area is 97.6 Å². The summed E-state index contributed by atoms with van der Waals surface area (Å²) in [5.74, 6) is -0.0344. The summed E-state index contributed by atoms with van der Waals surface area (Å²) in [5, 5.41) is 12.1. The van der Waals surface area contributed by atoms with Crippen LogP contribution in [-0.4, -0.2) is 36.5 Å². The molecule has 1 amide bonds. The van der Waals surface area contributed by atoms with Gasteiger partial charge in [-0.3, -0.25) is 9.69 Å². The minimum atomic E-state index is -0.593. The van der Waals surface area contributed by atoms with E-state index >= 15 is 0 Å². The molecule has 0 aliphatic heterocycles. The van der Waals surface area contributed by atoms with Gasteiger partial charge < -0.3 is 5.32 Å². The molecule has 0 radical (unpaired) electrons. The Balaban J connectivity index is 2.50. The van der Waals surface area contributed by atoms with Gasteiger partial charge in [0.15, 0.2) is 0 Å². The number of hydrogen-bond acceptors (Lipinski definition) is 3. The fourth-order valence-electron chi connectivity index (χ4n) is 2.08. The molecule has 0 spiro atoms. The predicted molar refractivity (Wildman–Crippen MR) is 62.7 cm³/mol. The minimum absolute atomic E-state index is 0.0344. The van der Waals surface area contributed by atoms with Crippen molar-refractivity contribution in [1.29, 1.82) is 5.26 Å². The lowest BCUT2D eigenvalue weighted by Crippen LogP contribution is -2.51. The number of rotatable bonds is 4. The molecule has 90 valence electrons. The highest BCUT2D eigenvalue weighted by Crippen LogP contribution is 2.27. The summed E-state index contributed by atoms with van der Waals surface area (Å²) in [6.45, 7) is 3.22. The molecular formula is C12H21N3O. The lowest BCUT2D eigenvalue weighted by Gasteiger charge is -2.32. The third-order valence-electron chi connectivity index (χ3n) is 3.25. The third-order valence-corrected chi connectivity index (χ3v) is 3.25. The van der Waals surface area contributed by atoms with Gasteiger partial charge in [0.2, 0.25) is 5.91 Å². The highest BCUT2D eigenvalue weighted by Gasteiger charge is 2.33. The van der Waals surface area contributed by atoms with Crippen molar-refractivity contribution in [2.24, 2.45) is 0 Å². The van der Waals surface area contributed by atoms with Crippen LogP contribution >= 0.6 is 0 Å². The van der Waals surface area contributed by atoms with E-state index in [-0.39, 0.29) is 5.91 Å². The van der Waals surface area contributed by atoms with Crippen molar-refractivity contribution >= 4 is 5.91 Å². The minimum Gasteiger partial charge on any atom is -0.337 e. The Morgan fingerprint density at radius 3 is 2.56 bits per heavy atom. The van der Waals surface area contributed by atoms with E-state index in [0.29, 0.717) is 6.54 Å². The van der Waals surface area contributed by atoms with E-state index in [9.17, 15) is 10.1 Å². The number of carbonyl (C=O) groups excluding carboxylic acids is 1. The van der Waals surface area contributed by atoms with Crippen molar-refractivity contribution in [3.05, 3.63) is 0 Å². The van der Waals surface area contributed by atoms with Crippen LogP contribution < -0.4 is 5.32 Å². The van der Waals surface area contributed by atoms with Crippen molar-refractivity contribution in [2.75, 3.05) is 20.1 Å². The zero-order valence-corrected chi connectivity index (χ0v) is 10.3. The van der Waals surface area contributed by atoms with Crippen LogP contribution in [0, 0.1) is 11.3 Å². The van der Waals surface area contributed by atoms with Crippen LogP contribution in [0.2, 0.25) is 0 Å². The first-order valence-electron chi connectivity index (χ1n) is 6.03. The number of nitriles is 1. The van der Waals surface area contributed by atoms with Crippen molar-refractivity contribution in [1.82, 2.24) is 10.2 Å². The summed E-state index contributed by atoms with van der Waals surface area (Å²) in [5.41, 5.74) is -0.593. The van der Waals surface area contributed by atoms with Gasteiger partial charge in [0.25, 0.3) is 0 Å². The lowest BCUT2D eigenvalue weighted by atomic mass is 9.83. The van der Waals surface area contributed by atoms with Crippen molar-refractivity contribution in [3.63, 3.8) is 0 Å². The SMILES string of the molecule is CCN(C)CC(=O)NC1(C#N)CCCCC1. The normalized spacial score (nSPS) is 19.1. The van der Waals surface area contributed by atoms with Gasteiger partial charge in [0, 0.05) is 0 Å². The molecule has 4 nitrogen and oxygen atoms in total. The van der Waals surface area contributed by atoms with E-state index in [0.717, 1.165) is 32.2 Å². The summed E-state index contributed by atoms with van der Waals surface area (Å²) in [7, 11) is 1.90. The van der Waals surface area contributed by atoms with Crippen LogP contribution in [0.15, 0.2) is 0 Å². The molecule has 0 heterocycles. The zero-order chi connectivity index (χ0) is 12.0. The zero-order valence-electron chi connectivity index (χ0n) is 10.3. The second-order valence-electron chi connectivity index (χ2n) is 4.63. The molecule has 1 aliphatic carbocycles. The number of likely N-dealkylation sites (N-methyl/N-ethyl adjacent to an activating group) is 1. The molecule has 0 aromatic carbocycles. The van der Waals surface area contributed by atoms with Crippen molar-refractivity contribution < 1.29 is 4.79 Å². The van der Waals surface area contributed by atoms with Gasteiger partial charge in [0.05, 0.1) is 12.6 Å². The summed E-state index contributed by atoms with van der Waals surface area (Å²) in [6.07, 6.45) is 4.85. The van der Waals surface area contributed by atoms with Crippen LogP contribution in [0.25, 0.3) is 0 Å². The summed E-state index contributed by atoms with van der Waals surface area (Å²) in [6, 6.07) is 2.29. The number of nitrogens with one attached hydrogen (secondary N) is 1. The monoisotopic (exact) mass is 223 g/mol. The van der Waals surface area contributed by atoms with Gasteiger partial charge in [-0.1, -0.05) is 26.2 Å². The first-order valence-corrected chi connectivity index (χ1v) is 6.03. The van der Waals surface area contributed by atoms with E-state index in [1.54, 1.807) is 0 Å². The van der Waals surface area contributed by atoms with E-state index in [4.69, 9.17) is 0 Å². The first-order chi connectivity index (χ1) is 7.62. The highest BCUT2D eigenvalue weighted by molar-refractivity contribution is 5.79. The molecule has 0 atom stereocenters. The molecule has 1 N–H and O–H groups in total. The summed E-state index contributed by atoms with van der Waals surface area (Å²) < 4.78 is 0.